The topological polar surface area (TPSA) is 67.2 Å². The Morgan fingerprint density at radius 3 is 2.69 bits per heavy atom. The molecule has 1 aliphatic rings. The molecule has 1 N–H and O–H groups in total. The van der Waals surface area contributed by atoms with Crippen LogP contribution in [0.25, 0.3) is 5.69 Å². The fraction of sp³-hybridized carbons (Fsp3) is 0.423. The van der Waals surface area contributed by atoms with Crippen molar-refractivity contribution < 1.29 is 9.59 Å². The second-order valence-corrected chi connectivity index (χ2v) is 12.5. The van der Waals surface area contributed by atoms with Crippen LogP contribution in [0.2, 0.25) is 5.02 Å². The second kappa shape index (κ2) is 10.4. The molecule has 0 bridgehead atoms. The van der Waals surface area contributed by atoms with Crippen LogP contribution in [-0.2, 0) is 15.0 Å². The minimum Gasteiger partial charge on any atom is -0.354 e. The van der Waals surface area contributed by atoms with Gasteiger partial charge in [0.05, 0.1) is 22.4 Å². The molecule has 2 amide bonds. The number of nitrogens with one attached hydrogen (secondary N) is 1. The summed E-state index contributed by atoms with van der Waals surface area (Å²) in [6.07, 6.45) is 0. The molecule has 1 aromatic carbocycles. The maximum Gasteiger partial charge on any atom is 0.240 e. The third-order valence-electron chi connectivity index (χ3n) is 5.71. The largest absolute Gasteiger partial charge is 0.354 e. The van der Waals surface area contributed by atoms with E-state index in [0.29, 0.717) is 23.3 Å². The molecule has 35 heavy (non-hydrogen) atoms. The lowest BCUT2D eigenvalue weighted by atomic mass is 9.87. The molecule has 0 aliphatic carbocycles. The minimum absolute atomic E-state index is 0.0642. The molecule has 2 aromatic heterocycles. The molecule has 3 aromatic rings. The van der Waals surface area contributed by atoms with E-state index >= 15 is 0 Å². The summed E-state index contributed by atoms with van der Waals surface area (Å²) >= 11 is 9.57. The number of hydrogen-bond donors (Lipinski definition) is 1. The number of carbonyl (C=O) groups is 2. The first kappa shape index (κ1) is 25.8. The maximum absolute atomic E-state index is 13.5. The van der Waals surface area contributed by atoms with Gasteiger partial charge in [0.15, 0.2) is 0 Å². The fourth-order valence-electron chi connectivity index (χ4n) is 4.07. The molecule has 0 saturated carbocycles. The molecule has 4 rings (SSSR count). The Hall–Kier alpha value is -2.29. The van der Waals surface area contributed by atoms with Crippen LogP contribution < -0.4 is 10.2 Å². The molecule has 9 heteroatoms. The van der Waals surface area contributed by atoms with Gasteiger partial charge in [0, 0.05) is 22.5 Å². The van der Waals surface area contributed by atoms with Gasteiger partial charge in [-0.15, -0.1) is 11.8 Å². The number of fused-ring (bicyclic) bond motifs is 1. The molecule has 3 heterocycles. The molecule has 186 valence electrons. The number of benzene rings is 1. The van der Waals surface area contributed by atoms with Gasteiger partial charge in [-0.25, -0.2) is 4.68 Å². The molecule has 6 nitrogen and oxygen atoms in total. The van der Waals surface area contributed by atoms with Crippen LogP contribution in [0.3, 0.4) is 0 Å². The van der Waals surface area contributed by atoms with E-state index in [1.54, 1.807) is 32.7 Å². The first-order valence-corrected chi connectivity index (χ1v) is 14.0. The Kier molecular flexibility index (Phi) is 7.64. The van der Waals surface area contributed by atoms with Crippen molar-refractivity contribution in [1.82, 2.24) is 15.1 Å². The summed E-state index contributed by atoms with van der Waals surface area (Å²) in [4.78, 5) is 28.1. The van der Waals surface area contributed by atoms with Crippen LogP contribution in [0.1, 0.15) is 56.7 Å². The highest BCUT2D eigenvalue weighted by Gasteiger charge is 2.40. The highest BCUT2D eigenvalue weighted by Crippen LogP contribution is 2.48. The molecule has 0 fully saturated rings. The van der Waals surface area contributed by atoms with Crippen molar-refractivity contribution >= 4 is 52.3 Å². The van der Waals surface area contributed by atoms with Gasteiger partial charge in [0.2, 0.25) is 11.8 Å². The normalized spacial score (nSPS) is 16.4. The predicted molar refractivity (Wildman–Crippen MR) is 146 cm³/mol. The lowest BCUT2D eigenvalue weighted by molar-refractivity contribution is -0.123. The molecule has 0 radical (unpaired) electrons. The van der Waals surface area contributed by atoms with E-state index in [1.165, 1.54) is 0 Å². The fourth-order valence-corrected chi connectivity index (χ4v) is 6.21. The van der Waals surface area contributed by atoms with Gasteiger partial charge in [-0.05, 0) is 46.5 Å². The Morgan fingerprint density at radius 2 is 2.06 bits per heavy atom. The third kappa shape index (κ3) is 5.60. The van der Waals surface area contributed by atoms with Gasteiger partial charge in [0.25, 0.3) is 0 Å². The number of thioether (sulfide) groups is 1. The summed E-state index contributed by atoms with van der Waals surface area (Å²) in [5.41, 5.74) is 3.47. The van der Waals surface area contributed by atoms with E-state index in [2.05, 4.69) is 42.9 Å². The monoisotopic (exact) mass is 530 g/mol. The van der Waals surface area contributed by atoms with Crippen molar-refractivity contribution in [2.24, 2.45) is 5.92 Å². The highest BCUT2D eigenvalue weighted by atomic mass is 35.5. The average molecular weight is 531 g/mol. The van der Waals surface area contributed by atoms with E-state index in [-0.39, 0.29) is 34.8 Å². The smallest absolute Gasteiger partial charge is 0.240 e. The predicted octanol–water partition coefficient (Wildman–Crippen LogP) is 5.83. The summed E-state index contributed by atoms with van der Waals surface area (Å²) in [5.74, 6) is 0.928. The Bertz CT molecular complexity index is 1210. The van der Waals surface area contributed by atoms with Crippen LogP contribution in [-0.4, -0.2) is 40.4 Å². The number of nitrogens with zero attached hydrogens (tertiary/aromatic N) is 3. The standard InChI is InChI=1S/C26H31ClN4O2S2/c1-16(2)12-28-20(32)13-30-21(33)15-35-23(17-9-10-34-14-17)22-24(26(3,4)5)29-31(25(22)30)19-8-6-7-18(27)11-19/h6-11,14,16,23H,12-13,15H2,1-5H3,(H,28,32)/t23-/m1/s1. The summed E-state index contributed by atoms with van der Waals surface area (Å²) in [7, 11) is 0. The summed E-state index contributed by atoms with van der Waals surface area (Å²) in [6.45, 7) is 11.0. The van der Waals surface area contributed by atoms with E-state index in [4.69, 9.17) is 16.7 Å². The lowest BCUT2D eigenvalue weighted by Crippen LogP contribution is -2.43. The molecule has 0 saturated heterocycles. The molecular weight excluding hydrogens is 500 g/mol. The quantitative estimate of drug-likeness (QED) is 0.435. The number of amides is 2. The van der Waals surface area contributed by atoms with Crippen LogP contribution in [0.4, 0.5) is 5.82 Å². The molecule has 1 aliphatic heterocycles. The van der Waals surface area contributed by atoms with E-state index in [1.807, 2.05) is 38.1 Å². The molecule has 0 spiro atoms. The zero-order chi connectivity index (χ0) is 25.3. The van der Waals surface area contributed by atoms with Crippen molar-refractivity contribution in [3.8, 4) is 5.69 Å². The number of carbonyl (C=O) groups excluding carboxylic acids is 2. The lowest BCUT2D eigenvalue weighted by Gasteiger charge is -2.24. The van der Waals surface area contributed by atoms with Crippen molar-refractivity contribution in [2.75, 3.05) is 23.7 Å². The number of hydrogen-bond acceptors (Lipinski definition) is 5. The van der Waals surface area contributed by atoms with Gasteiger partial charge in [-0.1, -0.05) is 52.3 Å². The zero-order valence-electron chi connectivity index (χ0n) is 20.7. The first-order valence-electron chi connectivity index (χ1n) is 11.7. The first-order chi connectivity index (χ1) is 16.6. The average Bonchev–Trinajstić information content (AvgIpc) is 3.42. The number of thiophene rings is 1. The number of anilines is 1. The van der Waals surface area contributed by atoms with E-state index in [0.717, 1.165) is 22.5 Å². The Morgan fingerprint density at radius 1 is 1.29 bits per heavy atom. The van der Waals surface area contributed by atoms with Gasteiger partial charge in [-0.3, -0.25) is 14.5 Å². The number of halogens is 1. The highest BCUT2D eigenvalue weighted by molar-refractivity contribution is 8.00. The SMILES string of the molecule is CC(C)CNC(=O)CN1C(=O)CS[C@H](c2ccsc2)c2c(C(C)(C)C)nn(-c3cccc(Cl)c3)c21. The number of aromatic nitrogens is 2. The van der Waals surface area contributed by atoms with Crippen LogP contribution in [0.15, 0.2) is 41.1 Å². The Labute approximate surface area is 220 Å². The van der Waals surface area contributed by atoms with E-state index in [9.17, 15) is 9.59 Å². The molecule has 1 atom stereocenters. The van der Waals surface area contributed by atoms with Crippen LogP contribution in [0, 0.1) is 5.92 Å². The van der Waals surface area contributed by atoms with E-state index < -0.39 is 0 Å². The van der Waals surface area contributed by atoms with Gasteiger partial charge in [-0.2, -0.15) is 16.4 Å². The molecular formula is C26H31ClN4O2S2. The second-order valence-electron chi connectivity index (χ2n) is 10.2. The minimum atomic E-state index is -0.290. The van der Waals surface area contributed by atoms with Gasteiger partial charge >= 0.3 is 0 Å². The van der Waals surface area contributed by atoms with Crippen molar-refractivity contribution in [3.05, 3.63) is 62.9 Å². The van der Waals surface area contributed by atoms with Crippen molar-refractivity contribution in [3.63, 3.8) is 0 Å². The van der Waals surface area contributed by atoms with Gasteiger partial charge in [0.1, 0.15) is 12.4 Å². The third-order valence-corrected chi connectivity index (χ3v) is 7.90. The number of rotatable bonds is 6. The summed E-state index contributed by atoms with van der Waals surface area (Å²) < 4.78 is 1.79. The summed E-state index contributed by atoms with van der Waals surface area (Å²) in [5, 5.41) is 12.7. The maximum atomic E-state index is 13.5. The van der Waals surface area contributed by atoms with Crippen molar-refractivity contribution in [2.45, 2.75) is 45.3 Å². The van der Waals surface area contributed by atoms with Crippen LogP contribution in [0.5, 0.6) is 0 Å². The van der Waals surface area contributed by atoms with Crippen molar-refractivity contribution in [1.29, 1.82) is 0 Å². The zero-order valence-corrected chi connectivity index (χ0v) is 23.1. The van der Waals surface area contributed by atoms with Crippen LogP contribution >= 0.6 is 34.7 Å². The molecule has 0 unspecified atom stereocenters. The Balaban J connectivity index is 1.95. The van der Waals surface area contributed by atoms with Gasteiger partial charge < -0.3 is 5.32 Å². The summed E-state index contributed by atoms with van der Waals surface area (Å²) in [6, 6.07) is 9.53.